The second kappa shape index (κ2) is 3.99. The van der Waals surface area contributed by atoms with E-state index in [1.807, 2.05) is 11.8 Å². The van der Waals surface area contributed by atoms with Crippen molar-refractivity contribution in [2.75, 3.05) is 0 Å². The number of benzene rings is 2. The number of fused-ring (bicyclic) bond motifs is 2. The fourth-order valence-electron chi connectivity index (χ4n) is 2.24. The smallest absolute Gasteiger partial charge is 0.0809 e. The molecule has 0 aliphatic carbocycles. The highest BCUT2D eigenvalue weighted by molar-refractivity contribution is 7.99. The molecule has 0 unspecified atom stereocenters. The molecule has 90 valence electrons. The van der Waals surface area contributed by atoms with Crippen LogP contribution in [0.15, 0.2) is 39.0 Å². The summed E-state index contributed by atoms with van der Waals surface area (Å²) in [5, 5.41) is 2.22. The molecule has 0 radical (unpaired) electrons. The Kier molecular flexibility index (Phi) is 2.56. The van der Waals surface area contributed by atoms with Crippen LogP contribution in [0.3, 0.4) is 0 Å². The van der Waals surface area contributed by atoms with Gasteiger partial charge in [-0.25, -0.2) is 4.99 Å². The van der Waals surface area contributed by atoms with Crippen molar-refractivity contribution in [3.8, 4) is 0 Å². The highest BCUT2D eigenvalue weighted by Crippen LogP contribution is 2.38. The zero-order chi connectivity index (χ0) is 12.9. The Bertz CT molecular complexity index is 760. The predicted molar refractivity (Wildman–Crippen MR) is 77.2 cm³/mol. The summed E-state index contributed by atoms with van der Waals surface area (Å²) in [4.78, 5) is 7.32. The van der Waals surface area contributed by atoms with E-state index in [-0.39, 0.29) is 0 Å². The van der Waals surface area contributed by atoms with Crippen LogP contribution in [-0.2, 0) is 0 Å². The normalized spacial score (nSPS) is 12.6. The zero-order valence-corrected chi connectivity index (χ0v) is 11.7. The van der Waals surface area contributed by atoms with E-state index in [1.165, 1.54) is 26.5 Å². The van der Waals surface area contributed by atoms with Crippen LogP contribution in [0.5, 0.6) is 0 Å². The third-order valence-electron chi connectivity index (χ3n) is 3.36. The van der Waals surface area contributed by atoms with E-state index in [9.17, 15) is 0 Å². The molecule has 1 aliphatic rings. The van der Waals surface area contributed by atoms with Crippen molar-refractivity contribution in [2.45, 2.75) is 30.6 Å². The molecule has 2 heteroatoms. The standard InChI is InChI=1S/C16H15NS/c1-9-5-6-14-13(7-9)17-15-11(3)8-10(2)12(4)16(15)18-14/h5-8H,2H2,1,3-4H3. The molecule has 0 amide bonds. The molecular formula is C16H15NS. The molecule has 0 N–H and O–H groups in total. The highest BCUT2D eigenvalue weighted by atomic mass is 32.2. The van der Waals surface area contributed by atoms with E-state index in [1.54, 1.807) is 0 Å². The summed E-state index contributed by atoms with van der Waals surface area (Å²) in [6.07, 6.45) is 0. The number of nitrogens with zero attached hydrogens (tertiary/aromatic N) is 1. The van der Waals surface area contributed by atoms with Crippen LogP contribution < -0.4 is 10.6 Å². The molecule has 0 saturated carbocycles. The van der Waals surface area contributed by atoms with Gasteiger partial charge in [0.2, 0.25) is 0 Å². The van der Waals surface area contributed by atoms with Crippen LogP contribution in [0.4, 0.5) is 5.69 Å². The van der Waals surface area contributed by atoms with E-state index in [4.69, 9.17) is 4.99 Å². The molecule has 3 rings (SSSR count). The lowest BCUT2D eigenvalue weighted by Gasteiger charge is -2.16. The van der Waals surface area contributed by atoms with Gasteiger partial charge in [-0.15, -0.1) is 0 Å². The largest absolute Gasteiger partial charge is 0.246 e. The maximum absolute atomic E-state index is 4.82. The van der Waals surface area contributed by atoms with Gasteiger partial charge >= 0.3 is 0 Å². The van der Waals surface area contributed by atoms with Crippen molar-refractivity contribution in [1.82, 2.24) is 0 Å². The van der Waals surface area contributed by atoms with Crippen molar-refractivity contribution in [3.05, 3.63) is 51.5 Å². The number of rotatable bonds is 0. The van der Waals surface area contributed by atoms with Gasteiger partial charge in [-0.2, -0.15) is 0 Å². The van der Waals surface area contributed by atoms with E-state index < -0.39 is 0 Å². The molecule has 0 bridgehead atoms. The van der Waals surface area contributed by atoms with Crippen LogP contribution in [0, 0.1) is 20.8 Å². The van der Waals surface area contributed by atoms with Gasteiger partial charge in [0.05, 0.1) is 11.0 Å². The Morgan fingerprint density at radius 1 is 1.11 bits per heavy atom. The van der Waals surface area contributed by atoms with Crippen molar-refractivity contribution < 1.29 is 0 Å². The monoisotopic (exact) mass is 253 g/mol. The fraction of sp³-hybridized carbons (Fsp3) is 0.188. The highest BCUT2D eigenvalue weighted by Gasteiger charge is 2.15. The summed E-state index contributed by atoms with van der Waals surface area (Å²) in [6, 6.07) is 8.58. The first-order valence-corrected chi connectivity index (χ1v) is 6.84. The fourth-order valence-corrected chi connectivity index (χ4v) is 3.39. The van der Waals surface area contributed by atoms with Crippen LogP contribution in [0.2, 0.25) is 0 Å². The number of hydrogen-bond acceptors (Lipinski definition) is 2. The molecule has 2 aromatic carbocycles. The minimum atomic E-state index is 1.09. The minimum Gasteiger partial charge on any atom is -0.246 e. The summed E-state index contributed by atoms with van der Waals surface area (Å²) >= 11 is 1.81. The van der Waals surface area contributed by atoms with E-state index >= 15 is 0 Å². The van der Waals surface area contributed by atoms with Gasteiger partial charge in [-0.05, 0) is 54.8 Å². The molecule has 1 aliphatic heterocycles. The SMILES string of the molecule is C=c1cc(C)c2c(c1C)Sc1ccc(C)cc1N=2. The van der Waals surface area contributed by atoms with E-state index in [0.717, 1.165) is 16.3 Å². The van der Waals surface area contributed by atoms with Gasteiger partial charge in [0.25, 0.3) is 0 Å². The minimum absolute atomic E-state index is 1.09. The summed E-state index contributed by atoms with van der Waals surface area (Å²) < 4.78 is 0. The van der Waals surface area contributed by atoms with Gasteiger partial charge in [0.1, 0.15) is 0 Å². The Hall–Kier alpha value is -1.54. The molecule has 0 saturated heterocycles. The molecule has 0 fully saturated rings. The maximum Gasteiger partial charge on any atom is 0.0809 e. The molecular weight excluding hydrogens is 238 g/mol. The van der Waals surface area contributed by atoms with Gasteiger partial charge in [-0.1, -0.05) is 30.5 Å². The van der Waals surface area contributed by atoms with Gasteiger partial charge in [0.15, 0.2) is 0 Å². The van der Waals surface area contributed by atoms with Gasteiger partial charge < -0.3 is 0 Å². The van der Waals surface area contributed by atoms with Crippen molar-refractivity contribution in [3.63, 3.8) is 0 Å². The molecule has 1 heterocycles. The third kappa shape index (κ3) is 1.68. The van der Waals surface area contributed by atoms with Gasteiger partial charge in [-0.3, -0.25) is 0 Å². The van der Waals surface area contributed by atoms with Crippen molar-refractivity contribution in [2.24, 2.45) is 4.99 Å². The number of aryl methyl sites for hydroxylation is 2. The lowest BCUT2D eigenvalue weighted by atomic mass is 10.1. The Morgan fingerprint density at radius 3 is 2.67 bits per heavy atom. The Morgan fingerprint density at radius 2 is 1.89 bits per heavy atom. The van der Waals surface area contributed by atoms with E-state index in [0.29, 0.717) is 0 Å². The molecule has 0 atom stereocenters. The summed E-state index contributed by atoms with van der Waals surface area (Å²) in [7, 11) is 0. The first kappa shape index (κ1) is 11.5. The average Bonchev–Trinajstić information content (AvgIpc) is 2.34. The Labute approximate surface area is 111 Å². The van der Waals surface area contributed by atoms with E-state index in [2.05, 4.69) is 51.6 Å². The molecule has 0 aromatic heterocycles. The Balaban J connectivity index is 2.39. The zero-order valence-electron chi connectivity index (χ0n) is 10.9. The first-order valence-electron chi connectivity index (χ1n) is 6.02. The first-order chi connectivity index (χ1) is 8.56. The third-order valence-corrected chi connectivity index (χ3v) is 4.63. The molecule has 1 nitrogen and oxygen atoms in total. The van der Waals surface area contributed by atoms with Crippen molar-refractivity contribution >= 4 is 24.0 Å². The second-order valence-corrected chi connectivity index (χ2v) is 5.89. The summed E-state index contributed by atoms with van der Waals surface area (Å²) in [6.45, 7) is 10.4. The molecule has 0 spiro atoms. The molecule has 2 aromatic rings. The lowest BCUT2D eigenvalue weighted by Crippen LogP contribution is -2.20. The lowest BCUT2D eigenvalue weighted by molar-refractivity contribution is 1.08. The predicted octanol–water partition coefficient (Wildman–Crippen LogP) is 3.44. The van der Waals surface area contributed by atoms with Crippen LogP contribution in [0.1, 0.15) is 16.7 Å². The van der Waals surface area contributed by atoms with Crippen LogP contribution >= 0.6 is 11.8 Å². The van der Waals surface area contributed by atoms with Crippen molar-refractivity contribution in [1.29, 1.82) is 0 Å². The number of hydrogen-bond donors (Lipinski definition) is 0. The van der Waals surface area contributed by atoms with Gasteiger partial charge in [0, 0.05) is 9.79 Å². The topological polar surface area (TPSA) is 12.4 Å². The van der Waals surface area contributed by atoms with Crippen LogP contribution in [0.25, 0.3) is 6.58 Å². The summed E-state index contributed by atoms with van der Waals surface area (Å²) in [5.41, 5.74) is 4.80. The average molecular weight is 253 g/mol. The quantitative estimate of drug-likeness (QED) is 0.598. The summed E-state index contributed by atoms with van der Waals surface area (Å²) in [5.74, 6) is 0. The maximum atomic E-state index is 4.82. The van der Waals surface area contributed by atoms with Crippen LogP contribution in [-0.4, -0.2) is 0 Å². The molecule has 18 heavy (non-hydrogen) atoms. The second-order valence-electron chi connectivity index (χ2n) is 4.84.